The minimum atomic E-state index is -0.502. The van der Waals surface area contributed by atoms with Crippen LogP contribution in [0.3, 0.4) is 0 Å². The number of benzene rings is 2. The molecule has 0 aromatic heterocycles. The van der Waals surface area contributed by atoms with E-state index in [1.807, 2.05) is 24.3 Å². The molecule has 0 atom stereocenters. The number of hydrogen-bond donors (Lipinski definition) is 1. The van der Waals surface area contributed by atoms with Crippen LogP contribution in [0, 0.1) is 0 Å². The average Bonchev–Trinajstić information content (AvgIpc) is 2.61. The van der Waals surface area contributed by atoms with Gasteiger partial charge in [-0.25, -0.2) is 4.79 Å². The van der Waals surface area contributed by atoms with Crippen LogP contribution in [-0.4, -0.2) is 25.6 Å². The van der Waals surface area contributed by atoms with E-state index in [4.69, 9.17) is 9.47 Å². The predicted molar refractivity (Wildman–Crippen MR) is 92.3 cm³/mol. The SMILES string of the molecule is CCCc1ccc(OCC(=O)Nc2ccccc2C(=O)OC)cc1. The molecule has 1 amide bonds. The Bertz CT molecular complexity index is 695. The Kier molecular flexibility index (Phi) is 6.37. The van der Waals surface area contributed by atoms with Crippen molar-refractivity contribution in [2.75, 3.05) is 19.0 Å². The Morgan fingerprint density at radius 2 is 1.75 bits per heavy atom. The second kappa shape index (κ2) is 8.72. The molecule has 5 nitrogen and oxygen atoms in total. The fraction of sp³-hybridized carbons (Fsp3) is 0.263. The second-order valence-electron chi connectivity index (χ2n) is 5.27. The molecular formula is C19H21NO4. The van der Waals surface area contributed by atoms with E-state index >= 15 is 0 Å². The maximum absolute atomic E-state index is 12.0. The molecule has 24 heavy (non-hydrogen) atoms. The third-order valence-corrected chi connectivity index (χ3v) is 3.44. The van der Waals surface area contributed by atoms with Gasteiger partial charge in [-0.1, -0.05) is 37.6 Å². The molecule has 0 unspecified atom stereocenters. The largest absolute Gasteiger partial charge is 0.484 e. The van der Waals surface area contributed by atoms with Crippen LogP contribution >= 0.6 is 0 Å². The number of rotatable bonds is 7. The Morgan fingerprint density at radius 1 is 1.04 bits per heavy atom. The zero-order valence-electron chi connectivity index (χ0n) is 13.9. The number of carbonyl (C=O) groups is 2. The first-order valence-electron chi connectivity index (χ1n) is 7.83. The minimum Gasteiger partial charge on any atom is -0.484 e. The zero-order chi connectivity index (χ0) is 17.4. The van der Waals surface area contributed by atoms with Gasteiger partial charge in [0.2, 0.25) is 0 Å². The Balaban J connectivity index is 1.93. The number of hydrogen-bond acceptors (Lipinski definition) is 4. The van der Waals surface area contributed by atoms with Crippen LogP contribution in [0.5, 0.6) is 5.75 Å². The van der Waals surface area contributed by atoms with Crippen LogP contribution in [-0.2, 0) is 16.0 Å². The summed E-state index contributed by atoms with van der Waals surface area (Å²) in [7, 11) is 1.30. The molecule has 0 spiro atoms. The van der Waals surface area contributed by atoms with Crippen LogP contribution in [0.2, 0.25) is 0 Å². The minimum absolute atomic E-state index is 0.136. The van der Waals surface area contributed by atoms with Crippen molar-refractivity contribution in [3.05, 3.63) is 59.7 Å². The quantitative estimate of drug-likeness (QED) is 0.791. The number of ether oxygens (including phenoxy) is 2. The molecule has 0 heterocycles. The molecule has 0 aliphatic rings. The number of carbonyl (C=O) groups excluding carboxylic acids is 2. The lowest BCUT2D eigenvalue weighted by Crippen LogP contribution is -2.21. The highest BCUT2D eigenvalue weighted by molar-refractivity contribution is 6.01. The van der Waals surface area contributed by atoms with Gasteiger partial charge in [-0.2, -0.15) is 0 Å². The van der Waals surface area contributed by atoms with Crippen LogP contribution < -0.4 is 10.1 Å². The number of anilines is 1. The zero-order valence-corrected chi connectivity index (χ0v) is 13.9. The number of nitrogens with one attached hydrogen (secondary N) is 1. The van der Waals surface area contributed by atoms with Crippen molar-refractivity contribution < 1.29 is 19.1 Å². The van der Waals surface area contributed by atoms with Crippen molar-refractivity contribution in [2.45, 2.75) is 19.8 Å². The Morgan fingerprint density at radius 3 is 2.42 bits per heavy atom. The smallest absolute Gasteiger partial charge is 0.339 e. The monoisotopic (exact) mass is 327 g/mol. The summed E-state index contributed by atoms with van der Waals surface area (Å²) in [4.78, 5) is 23.7. The second-order valence-corrected chi connectivity index (χ2v) is 5.27. The Labute approximate surface area is 141 Å². The molecule has 1 N–H and O–H groups in total. The van der Waals surface area contributed by atoms with Crippen molar-refractivity contribution in [1.29, 1.82) is 0 Å². The van der Waals surface area contributed by atoms with Crippen molar-refractivity contribution in [2.24, 2.45) is 0 Å². The van der Waals surface area contributed by atoms with Crippen molar-refractivity contribution in [1.82, 2.24) is 0 Å². The van der Waals surface area contributed by atoms with E-state index in [9.17, 15) is 9.59 Å². The van der Waals surface area contributed by atoms with Gasteiger partial charge in [0.05, 0.1) is 18.4 Å². The van der Waals surface area contributed by atoms with Gasteiger partial charge < -0.3 is 14.8 Å². The first-order chi connectivity index (χ1) is 11.6. The fourth-order valence-electron chi connectivity index (χ4n) is 2.26. The van der Waals surface area contributed by atoms with E-state index in [2.05, 4.69) is 12.2 Å². The van der Waals surface area contributed by atoms with Gasteiger partial charge in [0.25, 0.3) is 5.91 Å². The van der Waals surface area contributed by atoms with E-state index in [-0.39, 0.29) is 12.5 Å². The molecule has 2 rings (SSSR count). The van der Waals surface area contributed by atoms with E-state index < -0.39 is 5.97 Å². The molecule has 126 valence electrons. The average molecular weight is 327 g/mol. The van der Waals surface area contributed by atoms with Crippen molar-refractivity contribution in [3.63, 3.8) is 0 Å². The normalized spacial score (nSPS) is 10.1. The maximum Gasteiger partial charge on any atom is 0.339 e. The highest BCUT2D eigenvalue weighted by atomic mass is 16.5. The number of esters is 1. The summed E-state index contributed by atoms with van der Waals surface area (Å²) in [5.74, 6) is -0.214. The lowest BCUT2D eigenvalue weighted by Gasteiger charge is -2.10. The van der Waals surface area contributed by atoms with E-state index in [0.29, 0.717) is 17.0 Å². The van der Waals surface area contributed by atoms with E-state index in [1.54, 1.807) is 24.3 Å². The lowest BCUT2D eigenvalue weighted by atomic mass is 10.1. The van der Waals surface area contributed by atoms with Crippen molar-refractivity contribution in [3.8, 4) is 5.75 Å². The van der Waals surface area contributed by atoms with Gasteiger partial charge in [-0.15, -0.1) is 0 Å². The third-order valence-electron chi connectivity index (χ3n) is 3.44. The van der Waals surface area contributed by atoms with Gasteiger partial charge in [-0.05, 0) is 36.2 Å². The van der Waals surface area contributed by atoms with Crippen LogP contribution in [0.1, 0.15) is 29.3 Å². The standard InChI is InChI=1S/C19H21NO4/c1-3-6-14-9-11-15(12-10-14)24-13-18(21)20-17-8-5-4-7-16(17)19(22)23-2/h4-5,7-12H,3,6,13H2,1-2H3,(H,20,21). The van der Waals surface area contributed by atoms with Gasteiger partial charge in [0.1, 0.15) is 5.75 Å². The fourth-order valence-corrected chi connectivity index (χ4v) is 2.26. The number of aryl methyl sites for hydroxylation is 1. The van der Waals surface area contributed by atoms with Gasteiger partial charge in [-0.3, -0.25) is 4.79 Å². The van der Waals surface area contributed by atoms with Crippen molar-refractivity contribution >= 4 is 17.6 Å². The summed E-state index contributed by atoms with van der Waals surface area (Å²) in [6.45, 7) is 1.99. The predicted octanol–water partition coefficient (Wildman–Crippen LogP) is 3.44. The molecule has 0 aliphatic heterocycles. The van der Waals surface area contributed by atoms with Gasteiger partial charge >= 0.3 is 5.97 Å². The maximum atomic E-state index is 12.0. The molecule has 2 aromatic carbocycles. The number of para-hydroxylation sites is 1. The van der Waals surface area contributed by atoms with Gasteiger partial charge in [0, 0.05) is 0 Å². The summed E-state index contributed by atoms with van der Waals surface area (Å²) in [5, 5.41) is 2.66. The molecule has 0 bridgehead atoms. The summed E-state index contributed by atoms with van der Waals surface area (Å²) < 4.78 is 10.2. The lowest BCUT2D eigenvalue weighted by molar-refractivity contribution is -0.118. The van der Waals surface area contributed by atoms with E-state index in [0.717, 1.165) is 12.8 Å². The molecule has 0 fully saturated rings. The number of methoxy groups -OCH3 is 1. The molecule has 0 aliphatic carbocycles. The van der Waals surface area contributed by atoms with Crippen LogP contribution in [0.4, 0.5) is 5.69 Å². The van der Waals surface area contributed by atoms with Crippen LogP contribution in [0.15, 0.2) is 48.5 Å². The highest BCUT2D eigenvalue weighted by Crippen LogP contribution is 2.17. The topological polar surface area (TPSA) is 64.6 Å². The van der Waals surface area contributed by atoms with E-state index in [1.165, 1.54) is 12.7 Å². The highest BCUT2D eigenvalue weighted by Gasteiger charge is 2.13. The molecule has 5 heteroatoms. The summed E-state index contributed by atoms with van der Waals surface area (Å²) in [5.41, 5.74) is 1.94. The third kappa shape index (κ3) is 4.84. The molecule has 0 radical (unpaired) electrons. The molecular weight excluding hydrogens is 306 g/mol. The first-order valence-corrected chi connectivity index (χ1v) is 7.83. The Hall–Kier alpha value is -2.82. The van der Waals surface area contributed by atoms with Gasteiger partial charge in [0.15, 0.2) is 6.61 Å². The summed E-state index contributed by atoms with van der Waals surface area (Å²) in [6, 6.07) is 14.3. The summed E-state index contributed by atoms with van der Waals surface area (Å²) in [6.07, 6.45) is 2.10. The number of amides is 1. The summed E-state index contributed by atoms with van der Waals surface area (Å²) >= 11 is 0. The molecule has 2 aromatic rings. The molecule has 0 saturated heterocycles. The molecule has 0 saturated carbocycles. The first kappa shape index (κ1) is 17.5. The van der Waals surface area contributed by atoms with Crippen LogP contribution in [0.25, 0.3) is 0 Å².